The van der Waals surface area contributed by atoms with E-state index in [9.17, 15) is 13.2 Å². The normalized spacial score (nSPS) is 11.4. The number of nitrogen functional groups attached to an aromatic ring is 1. The summed E-state index contributed by atoms with van der Waals surface area (Å²) in [6, 6.07) is 10.0. The number of rotatable bonds is 2. The summed E-state index contributed by atoms with van der Waals surface area (Å²) in [4.78, 5) is 0. The zero-order valence-electron chi connectivity index (χ0n) is 10.2. The number of hydrogen-bond acceptors (Lipinski definition) is 2. The summed E-state index contributed by atoms with van der Waals surface area (Å²) >= 11 is 0. The van der Waals surface area contributed by atoms with E-state index in [2.05, 4.69) is 0 Å². The van der Waals surface area contributed by atoms with Crippen LogP contribution >= 0.6 is 0 Å². The SMILES string of the molecule is Cc1cccc(Oc2cc(C(F)(F)F)ccc2N)c1. The highest BCUT2D eigenvalue weighted by Gasteiger charge is 2.31. The zero-order chi connectivity index (χ0) is 14.0. The van der Waals surface area contributed by atoms with Crippen molar-refractivity contribution in [3.05, 3.63) is 53.6 Å². The summed E-state index contributed by atoms with van der Waals surface area (Å²) in [5.74, 6) is 0.450. The molecule has 2 N–H and O–H groups in total. The first kappa shape index (κ1) is 13.3. The molecule has 5 heteroatoms. The smallest absolute Gasteiger partial charge is 0.416 e. The topological polar surface area (TPSA) is 35.2 Å². The standard InChI is InChI=1S/C14H12F3NO/c1-9-3-2-4-11(7-9)19-13-8-10(14(15,16)17)5-6-12(13)18/h2-8H,18H2,1H3. The van der Waals surface area contributed by atoms with Gasteiger partial charge in [0.05, 0.1) is 11.3 Å². The molecular weight excluding hydrogens is 255 g/mol. The molecule has 2 rings (SSSR count). The first-order valence-corrected chi connectivity index (χ1v) is 5.57. The molecule has 0 spiro atoms. The van der Waals surface area contributed by atoms with Gasteiger partial charge in [0.15, 0.2) is 5.75 Å². The van der Waals surface area contributed by atoms with Gasteiger partial charge >= 0.3 is 6.18 Å². The van der Waals surface area contributed by atoms with E-state index in [-0.39, 0.29) is 11.4 Å². The van der Waals surface area contributed by atoms with E-state index < -0.39 is 11.7 Å². The van der Waals surface area contributed by atoms with Crippen LogP contribution in [0.15, 0.2) is 42.5 Å². The summed E-state index contributed by atoms with van der Waals surface area (Å²) in [5, 5.41) is 0. The molecule has 0 saturated heterocycles. The van der Waals surface area contributed by atoms with E-state index in [1.807, 2.05) is 13.0 Å². The minimum Gasteiger partial charge on any atom is -0.455 e. The average molecular weight is 267 g/mol. The van der Waals surface area contributed by atoms with Crippen LogP contribution in [0.1, 0.15) is 11.1 Å². The fourth-order valence-corrected chi connectivity index (χ4v) is 1.60. The number of ether oxygens (including phenoxy) is 1. The average Bonchev–Trinajstić information content (AvgIpc) is 2.30. The van der Waals surface area contributed by atoms with E-state index in [4.69, 9.17) is 10.5 Å². The maximum absolute atomic E-state index is 12.6. The Balaban J connectivity index is 2.34. The first-order valence-electron chi connectivity index (χ1n) is 5.57. The largest absolute Gasteiger partial charge is 0.455 e. The van der Waals surface area contributed by atoms with Gasteiger partial charge in [0.25, 0.3) is 0 Å². The molecular formula is C14H12F3NO. The summed E-state index contributed by atoms with van der Waals surface area (Å²) in [7, 11) is 0. The van der Waals surface area contributed by atoms with Gasteiger partial charge in [-0.2, -0.15) is 13.2 Å². The number of aryl methyl sites for hydroxylation is 1. The van der Waals surface area contributed by atoms with Crippen LogP contribution in [0.3, 0.4) is 0 Å². The summed E-state index contributed by atoms with van der Waals surface area (Å²) in [6.45, 7) is 1.86. The molecule has 2 aromatic carbocycles. The van der Waals surface area contributed by atoms with Crippen LogP contribution in [0.5, 0.6) is 11.5 Å². The second-order valence-electron chi connectivity index (χ2n) is 4.17. The Morgan fingerprint density at radius 2 is 1.79 bits per heavy atom. The molecule has 0 amide bonds. The third-order valence-corrected chi connectivity index (χ3v) is 2.56. The van der Waals surface area contributed by atoms with Crippen molar-refractivity contribution >= 4 is 5.69 Å². The van der Waals surface area contributed by atoms with Crippen molar-refractivity contribution in [2.75, 3.05) is 5.73 Å². The van der Waals surface area contributed by atoms with Gasteiger partial charge < -0.3 is 10.5 Å². The van der Waals surface area contributed by atoms with Crippen LogP contribution in [-0.4, -0.2) is 0 Å². The molecule has 19 heavy (non-hydrogen) atoms. The van der Waals surface area contributed by atoms with Crippen LogP contribution in [-0.2, 0) is 6.18 Å². The Labute approximate surface area is 108 Å². The maximum Gasteiger partial charge on any atom is 0.416 e. The molecule has 100 valence electrons. The van der Waals surface area contributed by atoms with E-state index in [1.54, 1.807) is 18.2 Å². The lowest BCUT2D eigenvalue weighted by atomic mass is 10.2. The number of anilines is 1. The van der Waals surface area contributed by atoms with Gasteiger partial charge in [0, 0.05) is 0 Å². The minimum atomic E-state index is -4.42. The molecule has 2 aromatic rings. The van der Waals surface area contributed by atoms with E-state index in [0.717, 1.165) is 17.7 Å². The van der Waals surface area contributed by atoms with Crippen LogP contribution in [0.25, 0.3) is 0 Å². The highest BCUT2D eigenvalue weighted by Crippen LogP contribution is 2.35. The van der Waals surface area contributed by atoms with Crippen LogP contribution in [0.4, 0.5) is 18.9 Å². The van der Waals surface area contributed by atoms with Crippen molar-refractivity contribution in [3.63, 3.8) is 0 Å². The van der Waals surface area contributed by atoms with E-state index >= 15 is 0 Å². The molecule has 0 aliphatic rings. The number of alkyl halides is 3. The number of hydrogen-bond donors (Lipinski definition) is 1. The molecule has 0 heterocycles. The molecule has 2 nitrogen and oxygen atoms in total. The molecule has 0 aliphatic carbocycles. The van der Waals surface area contributed by atoms with Crippen LogP contribution in [0.2, 0.25) is 0 Å². The van der Waals surface area contributed by atoms with Crippen molar-refractivity contribution in [2.24, 2.45) is 0 Å². The van der Waals surface area contributed by atoms with Crippen molar-refractivity contribution in [1.29, 1.82) is 0 Å². The summed E-state index contributed by atoms with van der Waals surface area (Å²) < 4.78 is 43.2. The molecule has 0 aliphatic heterocycles. The maximum atomic E-state index is 12.6. The molecule has 0 aromatic heterocycles. The zero-order valence-corrected chi connectivity index (χ0v) is 10.2. The molecule has 0 radical (unpaired) electrons. The molecule has 0 atom stereocenters. The summed E-state index contributed by atoms with van der Waals surface area (Å²) in [6.07, 6.45) is -4.42. The number of benzene rings is 2. The second kappa shape index (κ2) is 4.84. The summed E-state index contributed by atoms with van der Waals surface area (Å²) in [5.41, 5.74) is 5.95. The second-order valence-corrected chi connectivity index (χ2v) is 4.17. The van der Waals surface area contributed by atoms with Gasteiger partial charge in [-0.25, -0.2) is 0 Å². The molecule has 0 unspecified atom stereocenters. The van der Waals surface area contributed by atoms with Gasteiger partial charge in [-0.3, -0.25) is 0 Å². The monoisotopic (exact) mass is 267 g/mol. The fraction of sp³-hybridized carbons (Fsp3) is 0.143. The van der Waals surface area contributed by atoms with Crippen molar-refractivity contribution in [2.45, 2.75) is 13.1 Å². The van der Waals surface area contributed by atoms with Gasteiger partial charge in [-0.1, -0.05) is 12.1 Å². The van der Waals surface area contributed by atoms with Crippen molar-refractivity contribution in [1.82, 2.24) is 0 Å². The lowest BCUT2D eigenvalue weighted by molar-refractivity contribution is -0.137. The predicted molar refractivity (Wildman–Crippen MR) is 67.1 cm³/mol. The van der Waals surface area contributed by atoms with Crippen molar-refractivity contribution < 1.29 is 17.9 Å². The lowest BCUT2D eigenvalue weighted by Gasteiger charge is -2.12. The Bertz CT molecular complexity index is 593. The van der Waals surface area contributed by atoms with E-state index in [1.165, 1.54) is 6.07 Å². The van der Waals surface area contributed by atoms with Crippen LogP contribution < -0.4 is 10.5 Å². The number of halogens is 3. The highest BCUT2D eigenvalue weighted by molar-refractivity contribution is 5.56. The highest BCUT2D eigenvalue weighted by atomic mass is 19.4. The third-order valence-electron chi connectivity index (χ3n) is 2.56. The van der Waals surface area contributed by atoms with Crippen molar-refractivity contribution in [3.8, 4) is 11.5 Å². The Hall–Kier alpha value is -2.17. The molecule has 0 fully saturated rings. The quantitative estimate of drug-likeness (QED) is 0.819. The Morgan fingerprint density at radius 3 is 2.42 bits per heavy atom. The predicted octanol–water partition coefficient (Wildman–Crippen LogP) is 4.39. The Kier molecular flexibility index (Phi) is 3.38. The van der Waals surface area contributed by atoms with Gasteiger partial charge in [-0.05, 0) is 42.8 Å². The van der Waals surface area contributed by atoms with Gasteiger partial charge in [0.2, 0.25) is 0 Å². The van der Waals surface area contributed by atoms with Gasteiger partial charge in [-0.15, -0.1) is 0 Å². The Morgan fingerprint density at radius 1 is 1.05 bits per heavy atom. The first-order chi connectivity index (χ1) is 8.86. The lowest BCUT2D eigenvalue weighted by Crippen LogP contribution is -2.05. The van der Waals surface area contributed by atoms with Crippen LogP contribution in [0, 0.1) is 6.92 Å². The fourth-order valence-electron chi connectivity index (χ4n) is 1.60. The van der Waals surface area contributed by atoms with Gasteiger partial charge in [0.1, 0.15) is 5.75 Å². The minimum absolute atomic E-state index is 0.000394. The molecule has 0 saturated carbocycles. The van der Waals surface area contributed by atoms with E-state index in [0.29, 0.717) is 5.75 Å². The number of nitrogens with two attached hydrogens (primary N) is 1. The molecule has 0 bridgehead atoms. The third kappa shape index (κ3) is 3.19.